The number of hydrogen-bond acceptors (Lipinski definition) is 6. The number of fused-ring (bicyclic) bond motifs is 3. The summed E-state index contributed by atoms with van der Waals surface area (Å²) in [5.74, 6) is 3.74. The molecule has 0 saturated carbocycles. The van der Waals surface area contributed by atoms with E-state index in [1.54, 1.807) is 0 Å². The molecule has 0 bridgehead atoms. The number of nitrogens with zero attached hydrogens (tertiary/aromatic N) is 4. The Labute approximate surface area is 167 Å². The predicted molar refractivity (Wildman–Crippen MR) is 109 cm³/mol. The highest BCUT2D eigenvalue weighted by molar-refractivity contribution is 5.67. The van der Waals surface area contributed by atoms with E-state index in [1.165, 1.54) is 5.56 Å². The Balaban J connectivity index is 1.50. The second-order valence-corrected chi connectivity index (χ2v) is 7.30. The van der Waals surface area contributed by atoms with Crippen LogP contribution in [0.5, 0.6) is 11.5 Å². The van der Waals surface area contributed by atoms with Crippen LogP contribution in [0.3, 0.4) is 0 Å². The van der Waals surface area contributed by atoms with E-state index in [4.69, 9.17) is 24.5 Å². The molecule has 2 aromatic carbocycles. The van der Waals surface area contributed by atoms with Gasteiger partial charge in [-0.1, -0.05) is 30.3 Å². The van der Waals surface area contributed by atoms with Crippen LogP contribution in [0.1, 0.15) is 24.1 Å². The van der Waals surface area contributed by atoms with Crippen LogP contribution in [0.25, 0.3) is 17.2 Å². The maximum atomic E-state index is 5.53. The summed E-state index contributed by atoms with van der Waals surface area (Å²) in [4.78, 5) is 9.53. The van der Waals surface area contributed by atoms with Gasteiger partial charge >= 0.3 is 0 Å². The molecule has 29 heavy (non-hydrogen) atoms. The fraction of sp³-hybridized carbons (Fsp3) is 0.227. The summed E-state index contributed by atoms with van der Waals surface area (Å²) in [5, 5.41) is 8.34. The second kappa shape index (κ2) is 6.48. The SMILES string of the molecule is c1ccc(-c2nc3nc4c(c(Nc5ccc6c(c5)OCO6)n3n2)CCCC4)cc1. The van der Waals surface area contributed by atoms with Crippen molar-refractivity contribution in [2.75, 3.05) is 12.1 Å². The molecule has 0 unspecified atom stereocenters. The van der Waals surface area contributed by atoms with Crippen LogP contribution in [0.2, 0.25) is 0 Å². The number of anilines is 2. The number of benzene rings is 2. The van der Waals surface area contributed by atoms with Gasteiger partial charge in [-0.15, -0.1) is 5.10 Å². The fourth-order valence-electron chi connectivity index (χ4n) is 3.99. The van der Waals surface area contributed by atoms with Crippen LogP contribution >= 0.6 is 0 Å². The van der Waals surface area contributed by atoms with Gasteiger partial charge in [0, 0.05) is 22.9 Å². The van der Waals surface area contributed by atoms with Crippen molar-refractivity contribution in [3.8, 4) is 22.9 Å². The lowest BCUT2D eigenvalue weighted by Crippen LogP contribution is -2.13. The number of aryl methyl sites for hydroxylation is 1. The molecule has 0 saturated heterocycles. The third-order valence-electron chi connectivity index (χ3n) is 5.43. The zero-order valence-corrected chi connectivity index (χ0v) is 15.8. The summed E-state index contributed by atoms with van der Waals surface area (Å²) in [6, 6.07) is 15.9. The van der Waals surface area contributed by atoms with Crippen molar-refractivity contribution in [3.63, 3.8) is 0 Å². The first kappa shape index (κ1) is 16.4. The number of nitrogens with one attached hydrogen (secondary N) is 1. The van der Waals surface area contributed by atoms with E-state index in [0.29, 0.717) is 11.6 Å². The van der Waals surface area contributed by atoms with Gasteiger partial charge in [0.1, 0.15) is 5.82 Å². The molecule has 3 heterocycles. The lowest BCUT2D eigenvalue weighted by atomic mass is 9.96. The average molecular weight is 385 g/mol. The monoisotopic (exact) mass is 385 g/mol. The normalized spacial score (nSPS) is 14.8. The van der Waals surface area contributed by atoms with E-state index in [0.717, 1.165) is 59.9 Å². The molecular formula is C22H19N5O2. The van der Waals surface area contributed by atoms with Crippen LogP contribution in [0, 0.1) is 0 Å². The Morgan fingerprint density at radius 2 is 1.76 bits per heavy atom. The van der Waals surface area contributed by atoms with Crippen molar-refractivity contribution >= 4 is 17.3 Å². The highest BCUT2D eigenvalue weighted by Gasteiger charge is 2.22. The molecule has 0 spiro atoms. The Morgan fingerprint density at radius 3 is 2.69 bits per heavy atom. The summed E-state index contributed by atoms with van der Waals surface area (Å²) < 4.78 is 12.8. The summed E-state index contributed by atoms with van der Waals surface area (Å²) >= 11 is 0. The Bertz CT molecular complexity index is 1220. The van der Waals surface area contributed by atoms with E-state index in [-0.39, 0.29) is 6.79 Å². The fourth-order valence-corrected chi connectivity index (χ4v) is 3.99. The first-order valence-electron chi connectivity index (χ1n) is 9.86. The van der Waals surface area contributed by atoms with Gasteiger partial charge in [-0.25, -0.2) is 4.98 Å². The van der Waals surface area contributed by atoms with Gasteiger partial charge in [0.2, 0.25) is 6.79 Å². The molecule has 6 rings (SSSR count). The number of rotatable bonds is 3. The molecule has 7 heteroatoms. The molecule has 2 aliphatic rings. The van der Waals surface area contributed by atoms with E-state index in [2.05, 4.69) is 5.32 Å². The standard InChI is InChI=1S/C22H19N5O2/c1-2-6-14(7-3-1)20-25-22-24-17-9-5-4-8-16(17)21(27(22)26-20)23-15-10-11-18-19(12-15)29-13-28-18/h1-3,6-7,10-12,23H,4-5,8-9,13H2. The first-order chi connectivity index (χ1) is 14.3. The molecule has 2 aromatic heterocycles. The minimum Gasteiger partial charge on any atom is -0.454 e. The Morgan fingerprint density at radius 1 is 0.897 bits per heavy atom. The molecule has 144 valence electrons. The number of hydrogen-bond donors (Lipinski definition) is 1. The van der Waals surface area contributed by atoms with E-state index >= 15 is 0 Å². The van der Waals surface area contributed by atoms with E-state index in [1.807, 2.05) is 53.0 Å². The van der Waals surface area contributed by atoms with Crippen molar-refractivity contribution < 1.29 is 9.47 Å². The number of aromatic nitrogens is 4. The van der Waals surface area contributed by atoms with Crippen molar-refractivity contribution in [2.45, 2.75) is 25.7 Å². The predicted octanol–water partition coefficient (Wildman–Crippen LogP) is 4.14. The van der Waals surface area contributed by atoms with Crippen molar-refractivity contribution in [2.24, 2.45) is 0 Å². The maximum Gasteiger partial charge on any atom is 0.254 e. The minimum absolute atomic E-state index is 0.261. The Hall–Kier alpha value is -3.61. The summed E-state index contributed by atoms with van der Waals surface area (Å²) in [6.45, 7) is 0.261. The third kappa shape index (κ3) is 2.77. The molecule has 7 nitrogen and oxygen atoms in total. The van der Waals surface area contributed by atoms with Crippen LogP contribution in [0.4, 0.5) is 11.5 Å². The van der Waals surface area contributed by atoms with E-state index in [9.17, 15) is 0 Å². The van der Waals surface area contributed by atoms with Crippen molar-refractivity contribution in [1.82, 2.24) is 19.6 Å². The highest BCUT2D eigenvalue weighted by Crippen LogP contribution is 2.36. The molecule has 1 aliphatic carbocycles. The van der Waals surface area contributed by atoms with Gasteiger partial charge in [-0.2, -0.15) is 9.50 Å². The topological polar surface area (TPSA) is 73.6 Å². The van der Waals surface area contributed by atoms with Gasteiger partial charge in [0.25, 0.3) is 5.78 Å². The van der Waals surface area contributed by atoms with E-state index < -0.39 is 0 Å². The largest absolute Gasteiger partial charge is 0.454 e. The molecule has 0 fully saturated rings. The average Bonchev–Trinajstić information content (AvgIpc) is 3.40. The summed E-state index contributed by atoms with van der Waals surface area (Å²) in [6.07, 6.45) is 4.25. The molecular weight excluding hydrogens is 366 g/mol. The lowest BCUT2D eigenvalue weighted by molar-refractivity contribution is 0.174. The lowest BCUT2D eigenvalue weighted by Gasteiger charge is -2.20. The molecule has 1 aliphatic heterocycles. The smallest absolute Gasteiger partial charge is 0.254 e. The summed E-state index contributed by atoms with van der Waals surface area (Å²) in [5.41, 5.74) is 4.22. The zero-order chi connectivity index (χ0) is 19.2. The van der Waals surface area contributed by atoms with Gasteiger partial charge in [-0.05, 0) is 37.8 Å². The molecule has 0 atom stereocenters. The van der Waals surface area contributed by atoms with Crippen LogP contribution in [-0.4, -0.2) is 26.4 Å². The van der Waals surface area contributed by atoms with Crippen molar-refractivity contribution in [1.29, 1.82) is 0 Å². The molecule has 0 amide bonds. The zero-order valence-electron chi connectivity index (χ0n) is 15.8. The Kier molecular flexibility index (Phi) is 3.65. The van der Waals surface area contributed by atoms with Gasteiger partial charge in [0.15, 0.2) is 17.3 Å². The quantitative estimate of drug-likeness (QED) is 0.571. The molecule has 4 aromatic rings. The van der Waals surface area contributed by atoms with Crippen molar-refractivity contribution in [3.05, 3.63) is 59.8 Å². The van der Waals surface area contributed by atoms with Crippen LogP contribution in [0.15, 0.2) is 48.5 Å². The van der Waals surface area contributed by atoms with Crippen LogP contribution in [-0.2, 0) is 12.8 Å². The minimum atomic E-state index is 0.261. The first-order valence-corrected chi connectivity index (χ1v) is 9.86. The van der Waals surface area contributed by atoms with Gasteiger partial charge in [0.05, 0.1) is 5.69 Å². The number of ether oxygens (including phenoxy) is 2. The molecule has 1 N–H and O–H groups in total. The summed E-state index contributed by atoms with van der Waals surface area (Å²) in [7, 11) is 0. The third-order valence-corrected chi connectivity index (χ3v) is 5.43. The van der Waals surface area contributed by atoms with Crippen LogP contribution < -0.4 is 14.8 Å². The molecule has 0 radical (unpaired) electrons. The maximum absolute atomic E-state index is 5.53. The van der Waals surface area contributed by atoms with Gasteiger partial charge in [-0.3, -0.25) is 0 Å². The van der Waals surface area contributed by atoms with Gasteiger partial charge < -0.3 is 14.8 Å². The second-order valence-electron chi connectivity index (χ2n) is 7.30. The highest BCUT2D eigenvalue weighted by atomic mass is 16.7.